The van der Waals surface area contributed by atoms with Crippen LogP contribution in [0.3, 0.4) is 0 Å². The monoisotopic (exact) mass is 374 g/mol. The zero-order chi connectivity index (χ0) is 19.7. The first-order valence-electron chi connectivity index (χ1n) is 8.51. The summed E-state index contributed by atoms with van der Waals surface area (Å²) in [6.07, 6.45) is 2.88. The van der Waals surface area contributed by atoms with E-state index < -0.39 is 38.2 Å². The molecule has 1 rings (SSSR count). The second kappa shape index (κ2) is 7.65. The van der Waals surface area contributed by atoms with E-state index in [4.69, 9.17) is 29.8 Å². The summed E-state index contributed by atoms with van der Waals surface area (Å²) < 4.78 is 29.4. The van der Waals surface area contributed by atoms with Crippen LogP contribution in [0.15, 0.2) is 0 Å². The van der Waals surface area contributed by atoms with Crippen molar-refractivity contribution >= 4 is 8.32 Å². The molecule has 5 atom stereocenters. The van der Waals surface area contributed by atoms with E-state index in [1.54, 1.807) is 13.8 Å². The molecule has 1 fully saturated rings. The van der Waals surface area contributed by atoms with Gasteiger partial charge >= 0.3 is 0 Å². The van der Waals surface area contributed by atoms with Crippen LogP contribution >= 0.6 is 0 Å². The second-order valence-electron chi connectivity index (χ2n) is 8.22. The Labute approximate surface area is 153 Å². The van der Waals surface area contributed by atoms with Gasteiger partial charge in [-0.05, 0) is 32.0 Å². The highest BCUT2D eigenvalue weighted by molar-refractivity contribution is 6.74. The predicted octanol–water partition coefficient (Wildman–Crippen LogP) is 2.51. The highest BCUT2D eigenvalue weighted by atomic mass is 28.4. The van der Waals surface area contributed by atoms with E-state index in [9.17, 15) is 5.11 Å². The van der Waals surface area contributed by atoms with Crippen molar-refractivity contribution in [2.75, 3.05) is 20.8 Å². The third kappa shape index (κ3) is 4.45. The molecule has 7 heteroatoms. The van der Waals surface area contributed by atoms with Crippen LogP contribution in [0.5, 0.6) is 0 Å². The molecule has 0 spiro atoms. The molecule has 25 heavy (non-hydrogen) atoms. The molecular formula is C18H34O6Si. The molecule has 0 aliphatic carbocycles. The van der Waals surface area contributed by atoms with Crippen LogP contribution in [-0.2, 0) is 23.4 Å². The highest BCUT2D eigenvalue weighted by Crippen LogP contribution is 2.41. The summed E-state index contributed by atoms with van der Waals surface area (Å²) in [6, 6.07) is 0. The Balaban J connectivity index is 3.08. The summed E-state index contributed by atoms with van der Waals surface area (Å²) in [7, 11) is 1.01. The van der Waals surface area contributed by atoms with E-state index in [-0.39, 0.29) is 11.6 Å². The van der Waals surface area contributed by atoms with Gasteiger partial charge in [-0.25, -0.2) is 0 Å². The molecule has 0 aromatic carbocycles. The number of hydrogen-bond acceptors (Lipinski definition) is 6. The first kappa shape index (κ1) is 22.6. The quantitative estimate of drug-likeness (QED) is 0.569. The van der Waals surface area contributed by atoms with E-state index in [1.807, 2.05) is 0 Å². The van der Waals surface area contributed by atoms with Crippen LogP contribution in [0.1, 0.15) is 34.6 Å². The van der Waals surface area contributed by atoms with Crippen molar-refractivity contribution in [1.82, 2.24) is 0 Å². The van der Waals surface area contributed by atoms with E-state index >= 15 is 0 Å². The molecule has 146 valence electrons. The topological polar surface area (TPSA) is 66.4 Å². The fourth-order valence-electron chi connectivity index (χ4n) is 2.37. The average Bonchev–Trinajstić information content (AvgIpc) is 2.53. The largest absolute Gasteiger partial charge is 0.414 e. The molecule has 6 nitrogen and oxygen atoms in total. The zero-order valence-corrected chi connectivity index (χ0v) is 18.0. The van der Waals surface area contributed by atoms with Gasteiger partial charge < -0.3 is 28.5 Å². The number of rotatable bonds is 6. The molecule has 0 saturated carbocycles. The van der Waals surface area contributed by atoms with Crippen LogP contribution in [0.25, 0.3) is 0 Å². The summed E-state index contributed by atoms with van der Waals surface area (Å²) in [5.74, 6) is -0.0879. The third-order valence-electron chi connectivity index (χ3n) is 5.60. The Morgan fingerprint density at radius 2 is 1.64 bits per heavy atom. The maximum absolute atomic E-state index is 10.2. The number of aliphatic hydroxyl groups excluding tert-OH is 1. The minimum atomic E-state index is -2.00. The second-order valence-corrected chi connectivity index (χ2v) is 13.0. The summed E-state index contributed by atoms with van der Waals surface area (Å²) in [5.41, 5.74) is 0. The SMILES string of the molecule is C#C[C@H](O)[C@H]1O[C@@](C)(OC)[C@](C)(OC)O[C@H]1CO[Si](C)(C)C(C)(C)C. The van der Waals surface area contributed by atoms with Crippen molar-refractivity contribution in [3.63, 3.8) is 0 Å². The normalized spacial score (nSPS) is 35.2. The van der Waals surface area contributed by atoms with Gasteiger partial charge in [0, 0.05) is 14.2 Å². The number of hydrogen-bond donors (Lipinski definition) is 1. The fraction of sp³-hybridized carbons (Fsp3) is 0.889. The first-order chi connectivity index (χ1) is 11.3. The highest BCUT2D eigenvalue weighted by Gasteiger charge is 2.58. The van der Waals surface area contributed by atoms with Crippen molar-refractivity contribution in [2.45, 2.75) is 82.6 Å². The number of ether oxygens (including phenoxy) is 4. The average molecular weight is 375 g/mol. The lowest BCUT2D eigenvalue weighted by molar-refractivity contribution is -0.453. The van der Waals surface area contributed by atoms with E-state index in [1.165, 1.54) is 14.2 Å². The van der Waals surface area contributed by atoms with Crippen LogP contribution in [-0.4, -0.2) is 64.1 Å². The Morgan fingerprint density at radius 3 is 2.04 bits per heavy atom. The van der Waals surface area contributed by atoms with Crippen molar-refractivity contribution in [3.8, 4) is 12.3 Å². The molecule has 0 bridgehead atoms. The number of aliphatic hydroxyl groups is 1. The zero-order valence-electron chi connectivity index (χ0n) is 17.0. The lowest BCUT2D eigenvalue weighted by atomic mass is 10.0. The Bertz CT molecular complexity index is 497. The van der Waals surface area contributed by atoms with Gasteiger partial charge in [-0.2, -0.15) is 0 Å². The van der Waals surface area contributed by atoms with Gasteiger partial charge in [0.1, 0.15) is 18.3 Å². The minimum Gasteiger partial charge on any atom is -0.414 e. The summed E-state index contributed by atoms with van der Waals surface area (Å²) in [6.45, 7) is 14.5. The Hall–Kier alpha value is -0.463. The molecule has 0 radical (unpaired) electrons. The van der Waals surface area contributed by atoms with Crippen molar-refractivity contribution in [3.05, 3.63) is 0 Å². The summed E-state index contributed by atoms with van der Waals surface area (Å²) in [5, 5.41) is 10.3. The lowest BCUT2D eigenvalue weighted by Crippen LogP contribution is -2.68. The molecule has 1 aliphatic heterocycles. The van der Waals surface area contributed by atoms with E-state index in [0.29, 0.717) is 0 Å². The fourth-order valence-corrected chi connectivity index (χ4v) is 3.38. The Morgan fingerprint density at radius 1 is 1.16 bits per heavy atom. The van der Waals surface area contributed by atoms with Gasteiger partial charge in [0.25, 0.3) is 0 Å². The maximum atomic E-state index is 10.2. The molecule has 1 heterocycles. The van der Waals surface area contributed by atoms with Gasteiger partial charge in [-0.1, -0.05) is 26.7 Å². The number of terminal acetylenes is 1. The number of methoxy groups -OCH3 is 2. The van der Waals surface area contributed by atoms with E-state index in [0.717, 1.165) is 0 Å². The molecule has 0 amide bonds. The van der Waals surface area contributed by atoms with Crippen molar-refractivity contribution in [2.24, 2.45) is 0 Å². The lowest BCUT2D eigenvalue weighted by Gasteiger charge is -2.52. The Kier molecular flexibility index (Phi) is 6.91. The standard InChI is InChI=1S/C18H34O6Si/c1-11-13(19)15-14(12-22-25(9,10)16(2,3)4)23-17(5,20-7)18(6,21-8)24-15/h1,13-15,19H,12H2,2-10H3/t13-,14-,15+,17+,18+/m0/s1. The smallest absolute Gasteiger partial charge is 0.220 e. The summed E-state index contributed by atoms with van der Waals surface area (Å²) >= 11 is 0. The molecular weight excluding hydrogens is 340 g/mol. The molecule has 0 aromatic heterocycles. The van der Waals surface area contributed by atoms with Crippen molar-refractivity contribution < 1.29 is 28.5 Å². The van der Waals surface area contributed by atoms with Crippen molar-refractivity contribution in [1.29, 1.82) is 0 Å². The molecule has 0 unspecified atom stereocenters. The predicted molar refractivity (Wildman–Crippen MR) is 98.6 cm³/mol. The van der Waals surface area contributed by atoms with E-state index in [2.05, 4.69) is 39.8 Å². The van der Waals surface area contributed by atoms with Gasteiger partial charge in [0.2, 0.25) is 11.6 Å². The van der Waals surface area contributed by atoms with Crippen LogP contribution in [0, 0.1) is 12.3 Å². The first-order valence-corrected chi connectivity index (χ1v) is 11.4. The molecule has 1 N–H and O–H groups in total. The van der Waals surface area contributed by atoms with Gasteiger partial charge in [0.15, 0.2) is 8.32 Å². The van der Waals surface area contributed by atoms with Gasteiger partial charge in [-0.3, -0.25) is 0 Å². The van der Waals surface area contributed by atoms with Crippen LogP contribution in [0.2, 0.25) is 18.1 Å². The van der Waals surface area contributed by atoms with Crippen LogP contribution in [0.4, 0.5) is 0 Å². The van der Waals surface area contributed by atoms with Gasteiger partial charge in [0.05, 0.1) is 6.61 Å². The van der Waals surface area contributed by atoms with Gasteiger partial charge in [-0.15, -0.1) is 6.42 Å². The molecule has 0 aromatic rings. The molecule has 1 saturated heterocycles. The minimum absolute atomic E-state index is 0.0500. The van der Waals surface area contributed by atoms with Crippen LogP contribution < -0.4 is 0 Å². The maximum Gasteiger partial charge on any atom is 0.220 e. The molecule has 1 aliphatic rings. The third-order valence-corrected chi connectivity index (χ3v) is 10.1. The summed E-state index contributed by atoms with van der Waals surface area (Å²) in [4.78, 5) is 0.